The number of likely N-dealkylation sites (tertiary alicyclic amines) is 1. The third-order valence-corrected chi connectivity index (χ3v) is 4.79. The molecule has 0 spiro atoms. The van der Waals surface area contributed by atoms with Gasteiger partial charge in [-0.15, -0.1) is 0 Å². The van der Waals surface area contributed by atoms with E-state index in [4.69, 9.17) is 0 Å². The molecule has 2 aromatic carbocycles. The van der Waals surface area contributed by atoms with Crippen LogP contribution in [0.1, 0.15) is 36.5 Å². The minimum atomic E-state index is 0.279. The topological polar surface area (TPSA) is 59.9 Å². The van der Waals surface area contributed by atoms with Gasteiger partial charge in [-0.25, -0.2) is 4.99 Å². The van der Waals surface area contributed by atoms with Gasteiger partial charge in [-0.05, 0) is 61.7 Å². The van der Waals surface area contributed by atoms with Crippen molar-refractivity contribution in [1.82, 2.24) is 15.5 Å². The van der Waals surface area contributed by atoms with Crippen LogP contribution in [0.2, 0.25) is 0 Å². The molecule has 1 aliphatic heterocycles. The molecule has 2 aromatic rings. The number of rotatable bonds is 7. The number of nitrogens with zero attached hydrogens (tertiary/aromatic N) is 2. The predicted molar refractivity (Wildman–Crippen MR) is 111 cm³/mol. The Hall–Kier alpha value is -2.53. The fourth-order valence-corrected chi connectivity index (χ4v) is 3.26. The average Bonchev–Trinajstić information content (AvgIpc) is 3.19. The van der Waals surface area contributed by atoms with Crippen molar-refractivity contribution in [3.05, 3.63) is 65.2 Å². The number of aliphatic imine (C=N–C) groups is 1. The van der Waals surface area contributed by atoms with Crippen molar-refractivity contribution >= 4 is 5.96 Å². The number of aromatic hydroxyl groups is 1. The molecule has 0 radical (unpaired) electrons. The molecule has 5 nitrogen and oxygen atoms in total. The molecule has 0 amide bonds. The molecule has 1 fully saturated rings. The number of nitrogens with one attached hydrogen (secondary N) is 2. The lowest BCUT2D eigenvalue weighted by Crippen LogP contribution is -2.36. The van der Waals surface area contributed by atoms with E-state index in [2.05, 4.69) is 51.7 Å². The van der Waals surface area contributed by atoms with Crippen molar-refractivity contribution in [2.45, 2.75) is 39.4 Å². The van der Waals surface area contributed by atoms with Gasteiger partial charge in [0, 0.05) is 19.6 Å². The van der Waals surface area contributed by atoms with E-state index in [-0.39, 0.29) is 5.75 Å². The normalized spacial score (nSPS) is 15.1. The van der Waals surface area contributed by atoms with Crippen molar-refractivity contribution in [3.63, 3.8) is 0 Å². The highest BCUT2D eigenvalue weighted by molar-refractivity contribution is 5.79. The van der Waals surface area contributed by atoms with Crippen molar-refractivity contribution in [2.75, 3.05) is 19.6 Å². The van der Waals surface area contributed by atoms with E-state index in [0.29, 0.717) is 6.54 Å². The summed E-state index contributed by atoms with van der Waals surface area (Å²) in [5.74, 6) is 1.08. The first-order valence-electron chi connectivity index (χ1n) is 9.83. The van der Waals surface area contributed by atoms with Crippen molar-refractivity contribution in [3.8, 4) is 5.75 Å². The highest BCUT2D eigenvalue weighted by Crippen LogP contribution is 2.13. The largest absolute Gasteiger partial charge is 0.508 e. The first kappa shape index (κ1) is 19.2. The van der Waals surface area contributed by atoms with Crippen LogP contribution in [0.5, 0.6) is 5.75 Å². The van der Waals surface area contributed by atoms with E-state index >= 15 is 0 Å². The molecule has 144 valence electrons. The highest BCUT2D eigenvalue weighted by Gasteiger charge is 2.11. The fourth-order valence-electron chi connectivity index (χ4n) is 3.26. The molecule has 0 saturated carbocycles. The smallest absolute Gasteiger partial charge is 0.191 e. The Bertz CT molecular complexity index is 719. The summed E-state index contributed by atoms with van der Waals surface area (Å²) in [4.78, 5) is 7.14. The molecule has 1 aliphatic rings. The molecular formula is C22H30N4O. The van der Waals surface area contributed by atoms with Gasteiger partial charge in [-0.1, -0.05) is 36.4 Å². The minimum absolute atomic E-state index is 0.279. The van der Waals surface area contributed by atoms with Crippen LogP contribution in [0.4, 0.5) is 0 Å². The Morgan fingerprint density at radius 3 is 2.22 bits per heavy atom. The summed E-state index contributed by atoms with van der Waals surface area (Å²) in [6.07, 6.45) is 2.66. The summed E-state index contributed by atoms with van der Waals surface area (Å²) in [6.45, 7) is 7.71. The van der Waals surface area contributed by atoms with Gasteiger partial charge in [0.25, 0.3) is 0 Å². The molecular weight excluding hydrogens is 336 g/mol. The summed E-state index contributed by atoms with van der Waals surface area (Å²) >= 11 is 0. The molecule has 3 N–H and O–H groups in total. The molecule has 0 atom stereocenters. The van der Waals surface area contributed by atoms with Crippen molar-refractivity contribution in [2.24, 2.45) is 4.99 Å². The predicted octanol–water partition coefficient (Wildman–Crippen LogP) is 3.24. The lowest BCUT2D eigenvalue weighted by Gasteiger charge is -2.15. The third kappa shape index (κ3) is 6.29. The monoisotopic (exact) mass is 366 g/mol. The molecule has 0 aromatic heterocycles. The zero-order valence-electron chi connectivity index (χ0n) is 16.1. The van der Waals surface area contributed by atoms with Crippen LogP contribution in [0, 0.1) is 0 Å². The van der Waals surface area contributed by atoms with Crippen LogP contribution < -0.4 is 10.6 Å². The Kier molecular flexibility index (Phi) is 7.11. The number of benzene rings is 2. The van der Waals surface area contributed by atoms with E-state index in [9.17, 15) is 5.11 Å². The molecule has 5 heteroatoms. The lowest BCUT2D eigenvalue weighted by atomic mass is 10.1. The summed E-state index contributed by atoms with van der Waals surface area (Å²) in [5, 5.41) is 16.0. The zero-order chi connectivity index (χ0) is 18.9. The van der Waals surface area contributed by atoms with E-state index in [0.717, 1.165) is 31.2 Å². The first-order valence-corrected chi connectivity index (χ1v) is 9.83. The van der Waals surface area contributed by atoms with Gasteiger partial charge in [0.2, 0.25) is 0 Å². The number of phenolic OH excluding ortho intramolecular Hbond substituents is 1. The Balaban J connectivity index is 1.51. The molecule has 0 aliphatic carbocycles. The maximum absolute atomic E-state index is 9.36. The second kappa shape index (κ2) is 9.97. The van der Waals surface area contributed by atoms with E-state index in [1.54, 1.807) is 12.1 Å². The molecule has 0 bridgehead atoms. The van der Waals surface area contributed by atoms with E-state index < -0.39 is 0 Å². The third-order valence-electron chi connectivity index (χ3n) is 4.79. The number of guanidine groups is 1. The van der Waals surface area contributed by atoms with E-state index in [1.165, 1.54) is 37.1 Å². The second-order valence-electron chi connectivity index (χ2n) is 7.01. The minimum Gasteiger partial charge on any atom is -0.508 e. The Morgan fingerprint density at radius 2 is 1.56 bits per heavy atom. The number of phenols is 1. The maximum atomic E-state index is 9.36. The van der Waals surface area contributed by atoms with Gasteiger partial charge < -0.3 is 15.7 Å². The van der Waals surface area contributed by atoms with Gasteiger partial charge in [0.1, 0.15) is 5.75 Å². The van der Waals surface area contributed by atoms with Gasteiger partial charge in [0.05, 0.1) is 6.54 Å². The Morgan fingerprint density at radius 1 is 0.926 bits per heavy atom. The van der Waals surface area contributed by atoms with Crippen LogP contribution in [-0.2, 0) is 19.6 Å². The Labute approximate surface area is 162 Å². The van der Waals surface area contributed by atoms with E-state index in [1.807, 2.05) is 12.1 Å². The number of hydrogen-bond acceptors (Lipinski definition) is 3. The van der Waals surface area contributed by atoms with Crippen LogP contribution >= 0.6 is 0 Å². The molecule has 0 unspecified atom stereocenters. The summed E-state index contributed by atoms with van der Waals surface area (Å²) in [5.41, 5.74) is 3.69. The summed E-state index contributed by atoms with van der Waals surface area (Å²) < 4.78 is 0. The van der Waals surface area contributed by atoms with Crippen LogP contribution in [0.15, 0.2) is 53.5 Å². The molecule has 3 rings (SSSR count). The van der Waals surface area contributed by atoms with Gasteiger partial charge in [-0.2, -0.15) is 0 Å². The fraction of sp³-hybridized carbons (Fsp3) is 0.409. The SMILES string of the molecule is CCNC(=NCc1ccc(O)cc1)NCc1ccc(CN2CCCC2)cc1. The number of hydrogen-bond donors (Lipinski definition) is 3. The van der Waals surface area contributed by atoms with Crippen LogP contribution in [-0.4, -0.2) is 35.6 Å². The summed E-state index contributed by atoms with van der Waals surface area (Å²) in [7, 11) is 0. The van der Waals surface area contributed by atoms with Crippen LogP contribution in [0.3, 0.4) is 0 Å². The standard InChI is InChI=1S/C22H30N4O/c1-2-23-22(25-16-19-9-11-21(27)12-10-19)24-15-18-5-7-20(8-6-18)17-26-13-3-4-14-26/h5-12,27H,2-4,13-17H2,1H3,(H2,23,24,25). The lowest BCUT2D eigenvalue weighted by molar-refractivity contribution is 0.331. The molecule has 1 heterocycles. The second-order valence-corrected chi connectivity index (χ2v) is 7.01. The quantitative estimate of drug-likeness (QED) is 0.520. The molecule has 27 heavy (non-hydrogen) atoms. The zero-order valence-corrected chi connectivity index (χ0v) is 16.1. The highest BCUT2D eigenvalue weighted by atomic mass is 16.3. The first-order chi connectivity index (χ1) is 13.2. The average molecular weight is 367 g/mol. The van der Waals surface area contributed by atoms with Crippen molar-refractivity contribution < 1.29 is 5.11 Å². The van der Waals surface area contributed by atoms with Gasteiger partial charge in [-0.3, -0.25) is 4.90 Å². The summed E-state index contributed by atoms with van der Waals surface area (Å²) in [6, 6.07) is 16.0. The maximum Gasteiger partial charge on any atom is 0.191 e. The molecule has 1 saturated heterocycles. The van der Waals surface area contributed by atoms with Gasteiger partial charge >= 0.3 is 0 Å². The van der Waals surface area contributed by atoms with Crippen LogP contribution in [0.25, 0.3) is 0 Å². The van der Waals surface area contributed by atoms with Crippen molar-refractivity contribution in [1.29, 1.82) is 0 Å². The van der Waals surface area contributed by atoms with Gasteiger partial charge in [0.15, 0.2) is 5.96 Å².